The van der Waals surface area contributed by atoms with Gasteiger partial charge in [-0.3, -0.25) is 14.4 Å². The Hall–Kier alpha value is -3.41. The topological polar surface area (TPSA) is 105 Å². The van der Waals surface area contributed by atoms with Crippen LogP contribution in [0.15, 0.2) is 53.3 Å². The van der Waals surface area contributed by atoms with E-state index in [0.29, 0.717) is 28.4 Å². The van der Waals surface area contributed by atoms with Gasteiger partial charge < -0.3 is 16.0 Å². The molecule has 0 fully saturated rings. The van der Waals surface area contributed by atoms with Crippen LogP contribution in [0.1, 0.15) is 20.7 Å². The molecule has 0 saturated heterocycles. The smallest absolute Gasteiger partial charge is 0.263 e. The van der Waals surface area contributed by atoms with Crippen LogP contribution in [-0.2, 0) is 0 Å². The number of hydrogen-bond acceptors (Lipinski definition) is 4. The summed E-state index contributed by atoms with van der Waals surface area (Å²) in [4.78, 5) is 37.7. The van der Waals surface area contributed by atoms with Crippen molar-refractivity contribution < 1.29 is 9.59 Å². The van der Waals surface area contributed by atoms with Crippen LogP contribution in [0.5, 0.6) is 0 Å². The fourth-order valence-corrected chi connectivity index (χ4v) is 2.46. The van der Waals surface area contributed by atoms with Gasteiger partial charge in [-0.25, -0.2) is 0 Å². The molecule has 3 aromatic rings. The molecule has 4 N–H and O–H groups in total. The van der Waals surface area contributed by atoms with Gasteiger partial charge in [0.05, 0.1) is 11.2 Å². The highest BCUT2D eigenvalue weighted by Gasteiger charge is 2.18. The molecule has 2 aromatic carbocycles. The Bertz CT molecular complexity index is 976. The van der Waals surface area contributed by atoms with Crippen LogP contribution in [-0.4, -0.2) is 17.2 Å². The average Bonchev–Trinajstić information content (AvgIpc) is 2.54. The molecular weight excluding hydrogens is 294 g/mol. The van der Waals surface area contributed by atoms with Crippen molar-refractivity contribution in [2.75, 3.05) is 5.32 Å². The Morgan fingerprint density at radius 1 is 1.09 bits per heavy atom. The highest BCUT2D eigenvalue weighted by Crippen LogP contribution is 2.28. The highest BCUT2D eigenvalue weighted by molar-refractivity contribution is 6.07. The van der Waals surface area contributed by atoms with Crippen molar-refractivity contribution in [3.8, 4) is 0 Å². The molecule has 23 heavy (non-hydrogen) atoms. The van der Waals surface area contributed by atoms with Crippen LogP contribution in [0, 0.1) is 0 Å². The zero-order valence-corrected chi connectivity index (χ0v) is 12.0. The average molecular weight is 307 g/mol. The number of primary amides is 1. The van der Waals surface area contributed by atoms with E-state index in [1.165, 1.54) is 0 Å². The molecule has 1 amide bonds. The first-order valence-corrected chi connectivity index (χ1v) is 6.88. The molecule has 0 saturated carbocycles. The van der Waals surface area contributed by atoms with E-state index in [9.17, 15) is 14.4 Å². The summed E-state index contributed by atoms with van der Waals surface area (Å²) < 4.78 is 0. The van der Waals surface area contributed by atoms with Crippen molar-refractivity contribution in [2.24, 2.45) is 5.73 Å². The van der Waals surface area contributed by atoms with E-state index in [4.69, 9.17) is 5.73 Å². The zero-order chi connectivity index (χ0) is 16.4. The van der Waals surface area contributed by atoms with E-state index in [0.717, 1.165) is 0 Å². The van der Waals surface area contributed by atoms with Crippen LogP contribution in [0.25, 0.3) is 10.9 Å². The molecule has 114 valence electrons. The Morgan fingerprint density at radius 2 is 1.78 bits per heavy atom. The van der Waals surface area contributed by atoms with Crippen LogP contribution < -0.4 is 16.6 Å². The fourth-order valence-electron chi connectivity index (χ4n) is 2.46. The van der Waals surface area contributed by atoms with E-state index in [2.05, 4.69) is 10.3 Å². The lowest BCUT2D eigenvalue weighted by atomic mass is 10.1. The van der Waals surface area contributed by atoms with Gasteiger partial charge in [-0.05, 0) is 18.2 Å². The number of nitrogens with two attached hydrogens (primary N) is 1. The van der Waals surface area contributed by atoms with Crippen molar-refractivity contribution in [3.63, 3.8) is 0 Å². The third-order valence-electron chi connectivity index (χ3n) is 3.52. The first-order chi connectivity index (χ1) is 11.1. The summed E-state index contributed by atoms with van der Waals surface area (Å²) in [7, 11) is 0. The Kier molecular flexibility index (Phi) is 3.64. The maximum absolute atomic E-state index is 12.2. The minimum atomic E-state index is -0.844. The molecule has 0 bridgehead atoms. The van der Waals surface area contributed by atoms with Crippen LogP contribution in [0.2, 0.25) is 0 Å². The second-order valence-electron chi connectivity index (χ2n) is 4.94. The number of nitrogens with one attached hydrogen (secondary N) is 2. The van der Waals surface area contributed by atoms with Crippen LogP contribution in [0.3, 0.4) is 0 Å². The molecule has 0 aliphatic carbocycles. The number of hydrogen-bond donors (Lipinski definition) is 3. The predicted octanol–water partition coefficient (Wildman–Crippen LogP) is 2.18. The summed E-state index contributed by atoms with van der Waals surface area (Å²) >= 11 is 0. The lowest BCUT2D eigenvalue weighted by Crippen LogP contribution is -2.25. The van der Waals surface area contributed by atoms with Crippen molar-refractivity contribution >= 4 is 34.5 Å². The fraction of sp³-hybridized carbons (Fsp3) is 0. The number of carbonyl (C=O) groups is 2. The monoisotopic (exact) mass is 307 g/mol. The van der Waals surface area contributed by atoms with E-state index < -0.39 is 11.5 Å². The van der Waals surface area contributed by atoms with Crippen molar-refractivity contribution in [1.29, 1.82) is 0 Å². The molecule has 1 aromatic heterocycles. The molecule has 1 heterocycles. The molecule has 0 spiro atoms. The third kappa shape index (κ3) is 2.57. The summed E-state index contributed by atoms with van der Waals surface area (Å²) in [5.74, 6) is -0.844. The molecular formula is C17H13N3O3. The minimum Gasteiger partial charge on any atom is -0.365 e. The Balaban J connectivity index is 2.30. The molecule has 0 unspecified atom stereocenters. The van der Waals surface area contributed by atoms with Gasteiger partial charge >= 0.3 is 0 Å². The van der Waals surface area contributed by atoms with Crippen molar-refractivity contribution in [3.05, 3.63) is 70.0 Å². The van der Waals surface area contributed by atoms with Gasteiger partial charge in [0.2, 0.25) is 0 Å². The number of pyridine rings is 1. The number of anilines is 2. The number of aromatic amines is 1. The van der Waals surface area contributed by atoms with E-state index >= 15 is 0 Å². The Labute approximate surface area is 130 Å². The summed E-state index contributed by atoms with van der Waals surface area (Å²) in [6, 6.07) is 13.8. The third-order valence-corrected chi connectivity index (χ3v) is 3.52. The molecule has 0 aliphatic heterocycles. The summed E-state index contributed by atoms with van der Waals surface area (Å²) in [6.45, 7) is 0. The number of aromatic nitrogens is 1. The van der Waals surface area contributed by atoms with Crippen molar-refractivity contribution in [1.82, 2.24) is 4.98 Å². The minimum absolute atomic E-state index is 0.176. The summed E-state index contributed by atoms with van der Waals surface area (Å²) in [5, 5.41) is 3.63. The molecule has 3 rings (SSSR count). The molecule has 6 heteroatoms. The van der Waals surface area contributed by atoms with Crippen LogP contribution >= 0.6 is 0 Å². The first kappa shape index (κ1) is 14.5. The molecule has 0 radical (unpaired) electrons. The summed E-state index contributed by atoms with van der Waals surface area (Å²) in [6.07, 6.45) is 0.696. The number of carbonyl (C=O) groups excluding carboxylic acids is 2. The first-order valence-electron chi connectivity index (χ1n) is 6.88. The van der Waals surface area contributed by atoms with Gasteiger partial charge in [-0.15, -0.1) is 0 Å². The number of rotatable bonds is 4. The number of para-hydroxylation sites is 2. The number of fused-ring (bicyclic) bond motifs is 1. The van der Waals surface area contributed by atoms with Gasteiger partial charge in [0, 0.05) is 16.6 Å². The van der Waals surface area contributed by atoms with Crippen LogP contribution in [0.4, 0.5) is 11.4 Å². The Morgan fingerprint density at radius 3 is 2.52 bits per heavy atom. The van der Waals surface area contributed by atoms with Gasteiger partial charge in [-0.1, -0.05) is 30.3 Å². The summed E-state index contributed by atoms with van der Waals surface area (Å²) in [5.41, 5.74) is 6.35. The second-order valence-corrected chi connectivity index (χ2v) is 4.94. The van der Waals surface area contributed by atoms with Gasteiger partial charge in [0.15, 0.2) is 6.29 Å². The van der Waals surface area contributed by atoms with Crippen molar-refractivity contribution in [2.45, 2.75) is 0 Å². The number of benzene rings is 2. The zero-order valence-electron chi connectivity index (χ0n) is 12.0. The standard InChI is InChI=1S/C17H13N3O3/c18-16(22)14-15(19-12-7-3-1-5-10(12)9-21)11-6-2-4-8-13(11)20-17(14)23/h1-9H,(H2,18,22)(H2,19,20,23). The number of H-pyrrole nitrogens is 1. The number of amides is 1. The lowest BCUT2D eigenvalue weighted by Gasteiger charge is -2.14. The van der Waals surface area contributed by atoms with Gasteiger partial charge in [0.1, 0.15) is 5.56 Å². The van der Waals surface area contributed by atoms with E-state index in [-0.39, 0.29) is 11.3 Å². The maximum Gasteiger partial charge on any atom is 0.263 e. The predicted molar refractivity (Wildman–Crippen MR) is 88.2 cm³/mol. The van der Waals surface area contributed by atoms with E-state index in [1.807, 2.05) is 0 Å². The maximum atomic E-state index is 12.2. The molecule has 0 atom stereocenters. The lowest BCUT2D eigenvalue weighted by molar-refractivity contribution is 0.0999. The quantitative estimate of drug-likeness (QED) is 0.642. The molecule has 0 aliphatic rings. The van der Waals surface area contributed by atoms with Gasteiger partial charge in [0.25, 0.3) is 11.5 Å². The van der Waals surface area contributed by atoms with E-state index in [1.54, 1.807) is 48.5 Å². The molecule has 6 nitrogen and oxygen atoms in total. The SMILES string of the molecule is NC(=O)c1c(Nc2ccccc2C=O)c2ccccc2[nH]c1=O. The highest BCUT2D eigenvalue weighted by atomic mass is 16.2. The number of aldehydes is 1. The normalized spacial score (nSPS) is 10.4. The van der Waals surface area contributed by atoms with Gasteiger partial charge in [-0.2, -0.15) is 0 Å². The second kappa shape index (κ2) is 5.76. The largest absolute Gasteiger partial charge is 0.365 e.